The van der Waals surface area contributed by atoms with E-state index in [0.29, 0.717) is 28.9 Å². The van der Waals surface area contributed by atoms with E-state index in [9.17, 15) is 4.79 Å². The molecule has 0 saturated heterocycles. The summed E-state index contributed by atoms with van der Waals surface area (Å²) in [5.41, 5.74) is 3.62. The second kappa shape index (κ2) is 11.3. The zero-order valence-corrected chi connectivity index (χ0v) is 22.2. The largest absolute Gasteiger partial charge is 0.481 e. The molecule has 39 heavy (non-hydrogen) atoms. The molecule has 3 unspecified atom stereocenters. The molecule has 0 spiro atoms. The molecular formula is C31H29ClN2O5. The maximum Gasteiger partial charge on any atom is 0.244 e. The molecule has 0 bridgehead atoms. The molecule has 200 valence electrons. The van der Waals surface area contributed by atoms with E-state index < -0.39 is 6.29 Å². The van der Waals surface area contributed by atoms with E-state index in [4.69, 9.17) is 24.0 Å². The third-order valence-corrected chi connectivity index (χ3v) is 6.83. The van der Waals surface area contributed by atoms with Gasteiger partial charge in [-0.2, -0.15) is 0 Å². The molecule has 0 amide bonds. The van der Waals surface area contributed by atoms with Gasteiger partial charge in [-0.15, -0.1) is 12.4 Å². The van der Waals surface area contributed by atoms with Gasteiger partial charge in [0, 0.05) is 29.8 Å². The molecule has 1 fully saturated rings. The van der Waals surface area contributed by atoms with Crippen LogP contribution in [0.25, 0.3) is 16.7 Å². The van der Waals surface area contributed by atoms with Gasteiger partial charge in [0.25, 0.3) is 0 Å². The number of ether oxygens (including phenoxy) is 3. The zero-order chi connectivity index (χ0) is 26.1. The summed E-state index contributed by atoms with van der Waals surface area (Å²) in [5, 5.41) is 11.7. The van der Waals surface area contributed by atoms with Gasteiger partial charge in [0.1, 0.15) is 18.5 Å². The van der Waals surface area contributed by atoms with Gasteiger partial charge in [-0.25, -0.2) is 0 Å². The second-order valence-electron chi connectivity index (χ2n) is 9.71. The van der Waals surface area contributed by atoms with Crippen molar-refractivity contribution in [1.29, 1.82) is 5.41 Å². The lowest BCUT2D eigenvalue weighted by atomic mass is 10.1. The third-order valence-electron chi connectivity index (χ3n) is 6.83. The van der Waals surface area contributed by atoms with Crippen molar-refractivity contribution in [2.75, 3.05) is 5.32 Å². The molecular weight excluding hydrogens is 516 g/mol. The number of anilines is 1. The Balaban J connectivity index is 0.00000308. The van der Waals surface area contributed by atoms with Gasteiger partial charge in [0.15, 0.2) is 0 Å². The highest BCUT2D eigenvalue weighted by atomic mass is 35.5. The predicted molar refractivity (Wildman–Crippen MR) is 154 cm³/mol. The minimum atomic E-state index is -0.536. The van der Waals surface area contributed by atoms with Gasteiger partial charge in [-0.3, -0.25) is 4.79 Å². The molecule has 1 aliphatic heterocycles. The molecule has 1 aromatic heterocycles. The molecule has 8 heteroatoms. The van der Waals surface area contributed by atoms with Crippen LogP contribution in [0, 0.1) is 11.3 Å². The minimum absolute atomic E-state index is 0. The summed E-state index contributed by atoms with van der Waals surface area (Å²) in [6.07, 6.45) is 2.41. The monoisotopic (exact) mass is 544 g/mol. The molecule has 1 saturated carbocycles. The van der Waals surface area contributed by atoms with Crippen molar-refractivity contribution < 1.29 is 18.6 Å². The fourth-order valence-corrected chi connectivity index (χ4v) is 4.68. The molecule has 1 aliphatic carbocycles. The molecule has 2 N–H and O–H groups in total. The van der Waals surface area contributed by atoms with Gasteiger partial charge in [-0.05, 0) is 42.7 Å². The molecule has 6 rings (SSSR count). The highest BCUT2D eigenvalue weighted by Crippen LogP contribution is 2.37. The number of nitrogens with one attached hydrogen (secondary N) is 2. The molecule has 7 nitrogen and oxygen atoms in total. The van der Waals surface area contributed by atoms with Gasteiger partial charge in [-0.1, -0.05) is 60.7 Å². The Labute approximate surface area is 232 Å². The number of hydrogen-bond acceptors (Lipinski definition) is 7. The summed E-state index contributed by atoms with van der Waals surface area (Å²) in [6.45, 7) is 2.03. The summed E-state index contributed by atoms with van der Waals surface area (Å²) in [5.74, 6) is 0.840. The quantitative estimate of drug-likeness (QED) is 0.232. The van der Waals surface area contributed by atoms with Crippen molar-refractivity contribution >= 4 is 40.5 Å². The smallest absolute Gasteiger partial charge is 0.244 e. The van der Waals surface area contributed by atoms with Crippen molar-refractivity contribution in [3.63, 3.8) is 0 Å². The lowest BCUT2D eigenvalue weighted by Crippen LogP contribution is -2.14. The Bertz CT molecular complexity index is 1570. The van der Waals surface area contributed by atoms with Crippen LogP contribution in [0.1, 0.15) is 30.2 Å². The van der Waals surface area contributed by atoms with Crippen LogP contribution in [0.3, 0.4) is 0 Å². The van der Waals surface area contributed by atoms with E-state index in [-0.39, 0.29) is 47.9 Å². The lowest BCUT2D eigenvalue weighted by molar-refractivity contribution is -0.0146. The lowest BCUT2D eigenvalue weighted by Gasteiger charge is -2.15. The Hall–Kier alpha value is -4.23. The van der Waals surface area contributed by atoms with Crippen molar-refractivity contribution in [3.05, 3.63) is 112 Å². The number of rotatable bonds is 9. The first kappa shape index (κ1) is 26.4. The topological polar surface area (TPSA) is 93.8 Å². The second-order valence-corrected chi connectivity index (χ2v) is 9.71. The first-order valence-corrected chi connectivity index (χ1v) is 12.7. The van der Waals surface area contributed by atoms with Crippen molar-refractivity contribution in [2.45, 2.75) is 38.7 Å². The summed E-state index contributed by atoms with van der Waals surface area (Å²) < 4.78 is 24.1. The Morgan fingerprint density at radius 1 is 1.03 bits per heavy atom. The molecule has 4 aromatic rings. The molecule has 2 aliphatic rings. The number of hydrogen-bond donors (Lipinski definition) is 2. The number of halogens is 1. The van der Waals surface area contributed by atoms with Crippen molar-refractivity contribution in [1.82, 2.24) is 0 Å². The van der Waals surface area contributed by atoms with E-state index in [1.54, 1.807) is 12.1 Å². The third kappa shape index (κ3) is 5.78. The van der Waals surface area contributed by atoms with E-state index >= 15 is 0 Å². The molecule has 3 aromatic carbocycles. The molecule has 0 radical (unpaired) electrons. The molecule has 2 heterocycles. The fourth-order valence-electron chi connectivity index (χ4n) is 4.68. The summed E-state index contributed by atoms with van der Waals surface area (Å²) >= 11 is 0. The Morgan fingerprint density at radius 2 is 1.74 bits per heavy atom. The van der Waals surface area contributed by atoms with E-state index in [1.165, 1.54) is 6.26 Å². The fraction of sp³-hybridized carbons (Fsp3) is 0.226. The van der Waals surface area contributed by atoms with Gasteiger partial charge in [0.05, 0.1) is 5.39 Å². The Kier molecular flexibility index (Phi) is 7.61. The predicted octanol–water partition coefficient (Wildman–Crippen LogP) is 6.55. The first-order valence-electron chi connectivity index (χ1n) is 12.7. The van der Waals surface area contributed by atoms with Crippen LogP contribution in [-0.2, 0) is 22.5 Å². The maximum absolute atomic E-state index is 13.8. The normalized spacial score (nSPS) is 19.3. The van der Waals surface area contributed by atoms with Crippen LogP contribution < -0.4 is 15.5 Å². The van der Waals surface area contributed by atoms with Crippen LogP contribution in [0.15, 0.2) is 94.3 Å². The standard InChI is InChI=1S/C31H28N2O5.ClH/c1-19(32)23-16-25(23)33-22-12-13-26-24(15-22)29(34)31(36-17-21-10-6-3-7-11-21)30(38-26)27-18-35-28(37-27)14-20-8-4-2-5-9-20;/h2-13,15,18,23,25,28,32-33H,14,16-17H2,1H3;1H. The van der Waals surface area contributed by atoms with Crippen LogP contribution >= 0.6 is 12.4 Å². The minimum Gasteiger partial charge on any atom is -0.481 e. The highest BCUT2D eigenvalue weighted by molar-refractivity contribution is 5.87. The van der Waals surface area contributed by atoms with E-state index in [1.807, 2.05) is 73.7 Å². The molecule has 3 atom stereocenters. The zero-order valence-electron chi connectivity index (χ0n) is 21.4. The van der Waals surface area contributed by atoms with E-state index in [2.05, 4.69) is 5.32 Å². The van der Waals surface area contributed by atoms with Crippen LogP contribution in [0.4, 0.5) is 5.69 Å². The number of benzene rings is 3. The van der Waals surface area contributed by atoms with Gasteiger partial charge in [0.2, 0.25) is 29.0 Å². The van der Waals surface area contributed by atoms with Crippen LogP contribution in [0.5, 0.6) is 5.75 Å². The van der Waals surface area contributed by atoms with Crippen LogP contribution in [0.2, 0.25) is 0 Å². The highest BCUT2D eigenvalue weighted by Gasteiger charge is 2.38. The summed E-state index contributed by atoms with van der Waals surface area (Å²) in [6, 6.07) is 25.2. The Morgan fingerprint density at radius 3 is 2.44 bits per heavy atom. The van der Waals surface area contributed by atoms with Crippen molar-refractivity contribution in [3.8, 4) is 5.75 Å². The maximum atomic E-state index is 13.8. The van der Waals surface area contributed by atoms with E-state index in [0.717, 1.165) is 23.2 Å². The first-order chi connectivity index (χ1) is 18.5. The summed E-state index contributed by atoms with van der Waals surface area (Å²) in [4.78, 5) is 13.8. The van der Waals surface area contributed by atoms with Crippen LogP contribution in [-0.4, -0.2) is 18.0 Å². The average molecular weight is 545 g/mol. The van der Waals surface area contributed by atoms with Gasteiger partial charge >= 0.3 is 0 Å². The summed E-state index contributed by atoms with van der Waals surface area (Å²) in [7, 11) is 0. The van der Waals surface area contributed by atoms with Gasteiger partial charge < -0.3 is 29.4 Å². The SMILES string of the molecule is CC(=N)C1CC1Nc1ccc2oc(C3=COC(Cc4ccccc4)O3)c(OCc3ccccc3)c(=O)c2c1.Cl. The van der Waals surface area contributed by atoms with Crippen molar-refractivity contribution in [2.24, 2.45) is 5.92 Å². The average Bonchev–Trinajstić information content (AvgIpc) is 3.56. The number of fused-ring (bicyclic) bond motifs is 1.